The predicted octanol–water partition coefficient (Wildman–Crippen LogP) is 3.63. The number of thioether (sulfide) groups is 1. The first kappa shape index (κ1) is 18.3. The molecule has 0 bridgehead atoms. The Bertz CT molecular complexity index is 651. The fraction of sp³-hybridized carbons (Fsp3) is 0.389. The van der Waals surface area contributed by atoms with Crippen LogP contribution in [0.4, 0.5) is 4.79 Å². The van der Waals surface area contributed by atoms with Gasteiger partial charge < -0.3 is 4.74 Å². The second kappa shape index (κ2) is 8.68. The molecule has 2 amide bonds. The summed E-state index contributed by atoms with van der Waals surface area (Å²) in [6.45, 7) is 4.04. The van der Waals surface area contributed by atoms with Crippen LogP contribution in [-0.4, -0.2) is 35.2 Å². The largest absolute Gasteiger partial charge is 0.464 e. The van der Waals surface area contributed by atoms with E-state index in [0.717, 1.165) is 41.5 Å². The minimum absolute atomic E-state index is 0.311. The predicted molar refractivity (Wildman–Crippen MR) is 94.4 cm³/mol. The van der Waals surface area contributed by atoms with Crippen molar-refractivity contribution in [2.24, 2.45) is 0 Å². The van der Waals surface area contributed by atoms with Gasteiger partial charge in [-0.1, -0.05) is 44.5 Å². The van der Waals surface area contributed by atoms with E-state index < -0.39 is 17.1 Å². The molecule has 1 saturated heterocycles. The number of aryl methyl sites for hydroxylation is 1. The van der Waals surface area contributed by atoms with E-state index in [9.17, 15) is 14.4 Å². The molecule has 5 nitrogen and oxygen atoms in total. The zero-order valence-electron chi connectivity index (χ0n) is 13.9. The van der Waals surface area contributed by atoms with Gasteiger partial charge in [-0.2, -0.15) is 0 Å². The van der Waals surface area contributed by atoms with Crippen LogP contribution in [0.2, 0.25) is 0 Å². The van der Waals surface area contributed by atoms with Crippen molar-refractivity contribution in [1.82, 2.24) is 4.90 Å². The van der Waals surface area contributed by atoms with E-state index in [4.69, 9.17) is 4.74 Å². The number of hydrogen-bond donors (Lipinski definition) is 0. The van der Waals surface area contributed by atoms with Crippen molar-refractivity contribution < 1.29 is 19.1 Å². The van der Waals surface area contributed by atoms with Gasteiger partial charge in [-0.3, -0.25) is 19.3 Å². The minimum Gasteiger partial charge on any atom is -0.464 e. The lowest BCUT2D eigenvalue weighted by molar-refractivity contribution is -0.146. The van der Waals surface area contributed by atoms with E-state index in [2.05, 4.69) is 6.92 Å². The number of ether oxygens (including phenoxy) is 1. The summed E-state index contributed by atoms with van der Waals surface area (Å²) in [6, 6.07) is 7.79. The summed E-state index contributed by atoms with van der Waals surface area (Å²) in [6.07, 6.45) is 4.29. The van der Waals surface area contributed by atoms with Gasteiger partial charge in [-0.15, -0.1) is 0 Å². The van der Waals surface area contributed by atoms with Gasteiger partial charge in [0.15, 0.2) is 0 Å². The van der Waals surface area contributed by atoms with Crippen molar-refractivity contribution in [3.63, 3.8) is 0 Å². The number of unbranched alkanes of at least 4 members (excludes halogenated alkanes) is 1. The Hall–Kier alpha value is -2.08. The van der Waals surface area contributed by atoms with E-state index in [1.165, 1.54) is 5.56 Å². The summed E-state index contributed by atoms with van der Waals surface area (Å²) in [5, 5.41) is -0.441. The molecule has 1 aromatic rings. The van der Waals surface area contributed by atoms with Crippen LogP contribution >= 0.6 is 11.8 Å². The van der Waals surface area contributed by atoms with Crippen LogP contribution in [0.5, 0.6) is 0 Å². The molecule has 1 aliphatic heterocycles. The average molecular weight is 347 g/mol. The van der Waals surface area contributed by atoms with Gasteiger partial charge in [-0.05, 0) is 41.8 Å². The van der Waals surface area contributed by atoms with Crippen LogP contribution in [0.3, 0.4) is 0 Å². The Morgan fingerprint density at radius 3 is 2.54 bits per heavy atom. The molecule has 0 unspecified atom stereocenters. The lowest BCUT2D eigenvalue weighted by atomic mass is 10.1. The van der Waals surface area contributed by atoms with E-state index in [1.54, 1.807) is 6.08 Å². The highest BCUT2D eigenvalue weighted by molar-refractivity contribution is 8.18. The maximum atomic E-state index is 12.3. The number of esters is 1. The van der Waals surface area contributed by atoms with Gasteiger partial charge in [0, 0.05) is 0 Å². The van der Waals surface area contributed by atoms with E-state index in [1.807, 2.05) is 31.2 Å². The standard InChI is InChI=1S/C18H21NO4S/c1-3-5-10-23-16(20)12-19-17(21)15(24-18(19)22)11-14-8-6-13(4-2)7-9-14/h6-9,11H,3-5,10,12H2,1-2H3/b15-11-. The van der Waals surface area contributed by atoms with Crippen LogP contribution in [0.1, 0.15) is 37.8 Å². The molecular formula is C18H21NO4S. The number of hydrogen-bond acceptors (Lipinski definition) is 5. The molecule has 2 rings (SSSR count). The molecule has 0 atom stereocenters. The number of carbonyl (C=O) groups excluding carboxylic acids is 3. The van der Waals surface area contributed by atoms with Crippen molar-refractivity contribution in [2.45, 2.75) is 33.1 Å². The van der Waals surface area contributed by atoms with Crippen LogP contribution in [0, 0.1) is 0 Å². The molecule has 1 aromatic carbocycles. The van der Waals surface area contributed by atoms with Gasteiger partial charge in [0.05, 0.1) is 11.5 Å². The molecule has 0 aliphatic carbocycles. The average Bonchev–Trinajstić information content (AvgIpc) is 2.83. The summed E-state index contributed by atoms with van der Waals surface area (Å²) >= 11 is 0.848. The van der Waals surface area contributed by atoms with E-state index in [0.29, 0.717) is 11.5 Å². The van der Waals surface area contributed by atoms with Crippen molar-refractivity contribution in [1.29, 1.82) is 0 Å². The molecular weight excluding hydrogens is 326 g/mol. The highest BCUT2D eigenvalue weighted by Gasteiger charge is 2.36. The van der Waals surface area contributed by atoms with Crippen molar-refractivity contribution >= 4 is 35.0 Å². The quantitative estimate of drug-likeness (QED) is 0.428. The molecule has 0 saturated carbocycles. The third-order valence-corrected chi connectivity index (χ3v) is 4.51. The fourth-order valence-corrected chi connectivity index (χ4v) is 2.98. The van der Waals surface area contributed by atoms with Crippen molar-refractivity contribution in [3.05, 3.63) is 40.3 Å². The van der Waals surface area contributed by atoms with Crippen LogP contribution in [0.15, 0.2) is 29.2 Å². The number of benzene rings is 1. The highest BCUT2D eigenvalue weighted by Crippen LogP contribution is 2.32. The van der Waals surface area contributed by atoms with Gasteiger partial charge in [0.2, 0.25) is 0 Å². The number of amides is 2. The minimum atomic E-state index is -0.556. The molecule has 6 heteroatoms. The third kappa shape index (κ3) is 4.71. The van der Waals surface area contributed by atoms with Gasteiger partial charge in [-0.25, -0.2) is 0 Å². The highest BCUT2D eigenvalue weighted by atomic mass is 32.2. The molecule has 24 heavy (non-hydrogen) atoms. The van der Waals surface area contributed by atoms with Crippen LogP contribution in [-0.2, 0) is 20.7 Å². The summed E-state index contributed by atoms with van der Waals surface area (Å²) in [5.74, 6) is -1.00. The van der Waals surface area contributed by atoms with Crippen molar-refractivity contribution in [2.75, 3.05) is 13.2 Å². The molecule has 0 spiro atoms. The molecule has 128 valence electrons. The number of rotatable bonds is 7. The van der Waals surface area contributed by atoms with Gasteiger partial charge >= 0.3 is 5.97 Å². The van der Waals surface area contributed by atoms with Gasteiger partial charge in [0.25, 0.3) is 11.1 Å². The smallest absolute Gasteiger partial charge is 0.326 e. The normalized spacial score (nSPS) is 16.1. The first-order valence-electron chi connectivity index (χ1n) is 8.05. The van der Waals surface area contributed by atoms with Crippen molar-refractivity contribution in [3.8, 4) is 0 Å². The topological polar surface area (TPSA) is 63.7 Å². The molecule has 0 N–H and O–H groups in total. The molecule has 0 aromatic heterocycles. The SMILES string of the molecule is CCCCOC(=O)CN1C(=O)S/C(=C\c2ccc(CC)cc2)C1=O. The molecule has 1 aliphatic rings. The second-order valence-electron chi connectivity index (χ2n) is 5.44. The Kier molecular flexibility index (Phi) is 6.61. The number of imide groups is 1. The zero-order valence-corrected chi connectivity index (χ0v) is 14.7. The van der Waals surface area contributed by atoms with E-state index in [-0.39, 0.29) is 6.54 Å². The zero-order chi connectivity index (χ0) is 17.5. The molecule has 1 fully saturated rings. The van der Waals surface area contributed by atoms with Crippen LogP contribution < -0.4 is 0 Å². The number of nitrogens with zero attached hydrogens (tertiary/aromatic N) is 1. The summed E-state index contributed by atoms with van der Waals surface area (Å²) in [7, 11) is 0. The van der Waals surface area contributed by atoms with Crippen LogP contribution in [0.25, 0.3) is 6.08 Å². The molecule has 0 radical (unpaired) electrons. The molecule has 1 heterocycles. The number of carbonyl (C=O) groups is 3. The monoisotopic (exact) mass is 347 g/mol. The van der Waals surface area contributed by atoms with Gasteiger partial charge in [0.1, 0.15) is 6.54 Å². The summed E-state index contributed by atoms with van der Waals surface area (Å²) in [5.41, 5.74) is 2.05. The summed E-state index contributed by atoms with van der Waals surface area (Å²) in [4.78, 5) is 37.3. The Morgan fingerprint density at radius 1 is 1.21 bits per heavy atom. The Labute approximate surface area is 146 Å². The first-order chi connectivity index (χ1) is 11.5. The summed E-state index contributed by atoms with van der Waals surface area (Å²) < 4.78 is 5.01. The second-order valence-corrected chi connectivity index (χ2v) is 6.43. The Balaban J connectivity index is 2.02. The Morgan fingerprint density at radius 2 is 1.92 bits per heavy atom. The maximum Gasteiger partial charge on any atom is 0.326 e. The first-order valence-corrected chi connectivity index (χ1v) is 8.86. The third-order valence-electron chi connectivity index (χ3n) is 3.61. The maximum absolute atomic E-state index is 12.3. The lowest BCUT2D eigenvalue weighted by Crippen LogP contribution is -2.34. The fourth-order valence-electron chi connectivity index (χ4n) is 2.14. The van der Waals surface area contributed by atoms with E-state index >= 15 is 0 Å². The lowest BCUT2D eigenvalue weighted by Gasteiger charge is -2.11.